The van der Waals surface area contributed by atoms with Gasteiger partial charge in [0.15, 0.2) is 5.82 Å². The highest BCUT2D eigenvalue weighted by Gasteiger charge is 2.14. The van der Waals surface area contributed by atoms with Crippen LogP contribution in [0.2, 0.25) is 0 Å². The number of hydrogen-bond acceptors (Lipinski definition) is 4. The van der Waals surface area contributed by atoms with Crippen molar-refractivity contribution in [1.29, 1.82) is 0 Å². The number of thiophene rings is 1. The van der Waals surface area contributed by atoms with Crippen molar-refractivity contribution < 1.29 is 5.11 Å². The molecule has 0 radical (unpaired) electrons. The molecule has 1 atom stereocenters. The lowest BCUT2D eigenvalue weighted by molar-refractivity contribution is 0.213. The number of aliphatic hydroxyl groups excluding tert-OH is 1. The number of aryl methyl sites for hydroxylation is 1. The Hall–Kier alpha value is -1.26. The van der Waals surface area contributed by atoms with Crippen molar-refractivity contribution in [3.63, 3.8) is 0 Å². The summed E-state index contributed by atoms with van der Waals surface area (Å²) in [7, 11) is 0. The molecule has 14 heavy (non-hydrogen) atoms. The lowest BCUT2D eigenvalue weighted by Crippen LogP contribution is -2.02. The second kappa shape index (κ2) is 3.86. The summed E-state index contributed by atoms with van der Waals surface area (Å²) in [6.45, 7) is 2.01. The van der Waals surface area contributed by atoms with E-state index in [2.05, 4.69) is 9.97 Å². The van der Waals surface area contributed by atoms with E-state index in [4.69, 9.17) is 0 Å². The van der Waals surface area contributed by atoms with Gasteiger partial charge in [-0.2, -0.15) is 0 Å². The molecule has 2 rings (SSSR count). The molecule has 0 saturated carbocycles. The third-order valence-electron chi connectivity index (χ3n) is 1.86. The van der Waals surface area contributed by atoms with Crippen molar-refractivity contribution in [3.8, 4) is 0 Å². The molecule has 1 N–H and O–H groups in total. The topological polar surface area (TPSA) is 46.0 Å². The van der Waals surface area contributed by atoms with Gasteiger partial charge in [-0.05, 0) is 25.1 Å². The van der Waals surface area contributed by atoms with Crippen LogP contribution in [-0.2, 0) is 0 Å². The minimum absolute atomic E-state index is 0.453. The average molecular weight is 206 g/mol. The van der Waals surface area contributed by atoms with E-state index in [-0.39, 0.29) is 0 Å². The van der Waals surface area contributed by atoms with Crippen molar-refractivity contribution >= 4 is 11.3 Å². The lowest BCUT2D eigenvalue weighted by atomic mass is 10.3. The summed E-state index contributed by atoms with van der Waals surface area (Å²) in [5.74, 6) is 0.453. The fraction of sp³-hybridized carbons (Fsp3) is 0.200. The van der Waals surface area contributed by atoms with Gasteiger partial charge in [-0.25, -0.2) is 9.97 Å². The highest BCUT2D eigenvalue weighted by molar-refractivity contribution is 7.12. The second-order valence-electron chi connectivity index (χ2n) is 2.96. The molecule has 0 aliphatic carbocycles. The van der Waals surface area contributed by atoms with Crippen LogP contribution >= 0.6 is 11.3 Å². The average Bonchev–Trinajstić information content (AvgIpc) is 2.65. The van der Waals surface area contributed by atoms with Gasteiger partial charge in [0, 0.05) is 22.1 Å². The van der Waals surface area contributed by atoms with Crippen LogP contribution in [0.15, 0.2) is 30.6 Å². The normalized spacial score (nSPS) is 12.7. The predicted molar refractivity (Wildman–Crippen MR) is 55.1 cm³/mol. The first-order valence-electron chi connectivity index (χ1n) is 4.28. The van der Waals surface area contributed by atoms with Crippen LogP contribution in [0.5, 0.6) is 0 Å². The highest BCUT2D eigenvalue weighted by Crippen LogP contribution is 2.25. The number of aliphatic hydroxyl groups is 1. The van der Waals surface area contributed by atoms with E-state index in [1.165, 1.54) is 4.88 Å². The SMILES string of the molecule is Cc1ccc(C(O)c2ncccn2)s1. The number of aromatic nitrogens is 2. The first-order valence-corrected chi connectivity index (χ1v) is 5.10. The molecular formula is C10H10N2OS. The first-order chi connectivity index (χ1) is 6.77. The summed E-state index contributed by atoms with van der Waals surface area (Å²) >= 11 is 1.56. The standard InChI is InChI=1S/C10H10N2OS/c1-7-3-4-8(14-7)9(13)10-11-5-2-6-12-10/h2-6,9,13H,1H3. The summed E-state index contributed by atoms with van der Waals surface area (Å²) in [6.07, 6.45) is 2.56. The Morgan fingerprint density at radius 2 is 2.00 bits per heavy atom. The van der Waals surface area contributed by atoms with Crippen molar-refractivity contribution in [2.75, 3.05) is 0 Å². The molecule has 0 aliphatic heterocycles. The van der Waals surface area contributed by atoms with E-state index in [1.807, 2.05) is 19.1 Å². The van der Waals surface area contributed by atoms with E-state index >= 15 is 0 Å². The Kier molecular flexibility index (Phi) is 2.56. The molecule has 0 bridgehead atoms. The molecule has 2 aromatic rings. The van der Waals surface area contributed by atoms with Gasteiger partial charge in [-0.3, -0.25) is 0 Å². The summed E-state index contributed by atoms with van der Waals surface area (Å²) in [5, 5.41) is 9.89. The van der Waals surface area contributed by atoms with Gasteiger partial charge in [0.1, 0.15) is 6.10 Å². The van der Waals surface area contributed by atoms with Crippen molar-refractivity contribution in [3.05, 3.63) is 46.2 Å². The van der Waals surface area contributed by atoms with Crippen LogP contribution < -0.4 is 0 Å². The van der Waals surface area contributed by atoms with E-state index in [0.717, 1.165) is 4.88 Å². The van der Waals surface area contributed by atoms with Gasteiger partial charge in [0.2, 0.25) is 0 Å². The molecule has 0 saturated heterocycles. The summed E-state index contributed by atoms with van der Waals surface area (Å²) in [4.78, 5) is 10.1. The molecule has 4 heteroatoms. The molecular weight excluding hydrogens is 196 g/mol. The molecule has 0 spiro atoms. The van der Waals surface area contributed by atoms with Gasteiger partial charge >= 0.3 is 0 Å². The monoisotopic (exact) mass is 206 g/mol. The number of rotatable bonds is 2. The van der Waals surface area contributed by atoms with E-state index in [1.54, 1.807) is 29.8 Å². The zero-order valence-electron chi connectivity index (χ0n) is 7.71. The second-order valence-corrected chi connectivity index (χ2v) is 4.28. The van der Waals surface area contributed by atoms with Crippen LogP contribution in [0.1, 0.15) is 21.7 Å². The minimum Gasteiger partial charge on any atom is -0.379 e. The smallest absolute Gasteiger partial charge is 0.162 e. The van der Waals surface area contributed by atoms with Crippen molar-refractivity contribution in [2.45, 2.75) is 13.0 Å². The molecule has 72 valence electrons. The minimum atomic E-state index is -0.699. The molecule has 0 aromatic carbocycles. The predicted octanol–water partition coefficient (Wildman–Crippen LogP) is 1.93. The Morgan fingerprint density at radius 1 is 1.29 bits per heavy atom. The van der Waals surface area contributed by atoms with Crippen LogP contribution in [-0.4, -0.2) is 15.1 Å². The molecule has 3 nitrogen and oxygen atoms in total. The van der Waals surface area contributed by atoms with E-state index < -0.39 is 6.10 Å². The van der Waals surface area contributed by atoms with E-state index in [9.17, 15) is 5.11 Å². The Balaban J connectivity index is 2.29. The molecule has 2 aromatic heterocycles. The van der Waals surface area contributed by atoms with Crippen LogP contribution in [0.4, 0.5) is 0 Å². The van der Waals surface area contributed by atoms with Gasteiger partial charge in [-0.1, -0.05) is 0 Å². The fourth-order valence-electron chi connectivity index (χ4n) is 1.18. The molecule has 2 heterocycles. The van der Waals surface area contributed by atoms with Gasteiger partial charge in [0.25, 0.3) is 0 Å². The van der Waals surface area contributed by atoms with Gasteiger partial charge in [0.05, 0.1) is 0 Å². The zero-order valence-corrected chi connectivity index (χ0v) is 8.53. The third kappa shape index (κ3) is 1.81. The van der Waals surface area contributed by atoms with Crippen molar-refractivity contribution in [1.82, 2.24) is 9.97 Å². The quantitative estimate of drug-likeness (QED) is 0.816. The molecule has 0 aliphatic rings. The summed E-state index contributed by atoms with van der Waals surface area (Å²) in [5.41, 5.74) is 0. The molecule has 0 fully saturated rings. The summed E-state index contributed by atoms with van der Waals surface area (Å²) < 4.78 is 0. The van der Waals surface area contributed by atoms with Crippen molar-refractivity contribution in [2.24, 2.45) is 0 Å². The first kappa shape index (κ1) is 9.30. The maximum Gasteiger partial charge on any atom is 0.162 e. The number of nitrogens with zero attached hydrogens (tertiary/aromatic N) is 2. The fourth-order valence-corrected chi connectivity index (χ4v) is 2.04. The maximum absolute atomic E-state index is 9.89. The van der Waals surface area contributed by atoms with Crippen LogP contribution in [0, 0.1) is 6.92 Å². The Labute approximate surface area is 86.1 Å². The Morgan fingerprint density at radius 3 is 2.57 bits per heavy atom. The summed E-state index contributed by atoms with van der Waals surface area (Å²) in [6, 6.07) is 5.61. The largest absolute Gasteiger partial charge is 0.379 e. The molecule has 0 amide bonds. The van der Waals surface area contributed by atoms with Gasteiger partial charge in [-0.15, -0.1) is 11.3 Å². The van der Waals surface area contributed by atoms with Crippen LogP contribution in [0.3, 0.4) is 0 Å². The third-order valence-corrected chi connectivity index (χ3v) is 2.91. The Bertz CT molecular complexity index is 413. The number of hydrogen-bond donors (Lipinski definition) is 1. The zero-order chi connectivity index (χ0) is 9.97. The van der Waals surface area contributed by atoms with Gasteiger partial charge < -0.3 is 5.11 Å². The molecule has 1 unspecified atom stereocenters. The lowest BCUT2D eigenvalue weighted by Gasteiger charge is -2.05. The van der Waals surface area contributed by atoms with Crippen LogP contribution in [0.25, 0.3) is 0 Å². The van der Waals surface area contributed by atoms with E-state index in [0.29, 0.717) is 5.82 Å². The highest BCUT2D eigenvalue weighted by atomic mass is 32.1. The maximum atomic E-state index is 9.89.